The Hall–Kier alpha value is -3.44. The second-order valence-electron chi connectivity index (χ2n) is 10.3. The van der Waals surface area contributed by atoms with E-state index in [-0.39, 0.29) is 24.9 Å². The number of aromatic nitrogens is 6. The van der Waals surface area contributed by atoms with Gasteiger partial charge >= 0.3 is 0 Å². The van der Waals surface area contributed by atoms with Gasteiger partial charge in [-0.25, -0.2) is 18.4 Å². The molecule has 0 spiro atoms. The number of nitrogens with one attached hydrogen (secondary N) is 1. The smallest absolute Gasteiger partial charge is 0.261 e. The van der Waals surface area contributed by atoms with E-state index in [9.17, 15) is 8.78 Å². The quantitative estimate of drug-likeness (QED) is 0.391. The summed E-state index contributed by atoms with van der Waals surface area (Å²) in [5.41, 5.74) is 3.92. The summed E-state index contributed by atoms with van der Waals surface area (Å²) in [7, 11) is 0. The van der Waals surface area contributed by atoms with Crippen molar-refractivity contribution < 1.29 is 8.78 Å². The van der Waals surface area contributed by atoms with Gasteiger partial charge in [0, 0.05) is 56.6 Å². The van der Waals surface area contributed by atoms with Gasteiger partial charge in [-0.3, -0.25) is 9.80 Å². The standard InChI is InChI=1S/C26H31F2N9/c1-18(2)21-13-31-37-24(21)32-23(16-34-14-20(15-34)35-11-8-26(27,28)17-35)33-25(37)29-12-19-6-3-4-7-22(19)36-10-5-9-30-36/h3-7,9-10,13,18,20H,8,11-12,14-17H2,1-2H3,(H,29,32,33). The molecule has 6 rings (SSSR count). The van der Waals surface area contributed by atoms with Crippen molar-refractivity contribution in [3.63, 3.8) is 0 Å². The van der Waals surface area contributed by atoms with E-state index in [2.05, 4.69) is 40.3 Å². The van der Waals surface area contributed by atoms with Gasteiger partial charge in [0.15, 0.2) is 5.65 Å². The molecular weight excluding hydrogens is 476 g/mol. The van der Waals surface area contributed by atoms with Crippen molar-refractivity contribution in [1.29, 1.82) is 0 Å². The van der Waals surface area contributed by atoms with Crippen molar-refractivity contribution in [1.82, 2.24) is 39.2 Å². The van der Waals surface area contributed by atoms with Crippen molar-refractivity contribution in [3.8, 4) is 5.69 Å². The van der Waals surface area contributed by atoms with E-state index in [1.54, 1.807) is 10.7 Å². The van der Waals surface area contributed by atoms with Gasteiger partial charge in [-0.05, 0) is 23.6 Å². The fourth-order valence-corrected chi connectivity index (χ4v) is 5.18. The lowest BCUT2D eigenvalue weighted by Crippen LogP contribution is -2.58. The molecule has 1 aromatic carbocycles. The first-order chi connectivity index (χ1) is 17.9. The van der Waals surface area contributed by atoms with Crippen molar-refractivity contribution in [2.24, 2.45) is 0 Å². The summed E-state index contributed by atoms with van der Waals surface area (Å²) in [5.74, 6) is -0.972. The molecule has 2 aliphatic rings. The van der Waals surface area contributed by atoms with Crippen LogP contribution in [0.1, 0.15) is 43.1 Å². The summed E-state index contributed by atoms with van der Waals surface area (Å²) < 4.78 is 30.9. The summed E-state index contributed by atoms with van der Waals surface area (Å²) >= 11 is 0. The van der Waals surface area contributed by atoms with Gasteiger partial charge in [-0.2, -0.15) is 19.7 Å². The lowest BCUT2D eigenvalue weighted by molar-refractivity contribution is -0.0140. The highest BCUT2D eigenvalue weighted by Crippen LogP contribution is 2.31. The molecule has 0 radical (unpaired) electrons. The van der Waals surface area contributed by atoms with Gasteiger partial charge in [0.25, 0.3) is 5.92 Å². The Morgan fingerprint density at radius 2 is 1.95 bits per heavy atom. The lowest BCUT2D eigenvalue weighted by Gasteiger charge is -2.43. The van der Waals surface area contributed by atoms with E-state index >= 15 is 0 Å². The molecule has 194 valence electrons. The molecule has 3 aromatic heterocycles. The number of alkyl halides is 2. The Bertz CT molecular complexity index is 1380. The number of nitrogens with zero attached hydrogens (tertiary/aromatic N) is 8. The fraction of sp³-hybridized carbons (Fsp3) is 0.462. The van der Waals surface area contributed by atoms with E-state index in [0.29, 0.717) is 31.4 Å². The molecule has 4 aromatic rings. The van der Waals surface area contributed by atoms with Gasteiger partial charge < -0.3 is 5.32 Å². The van der Waals surface area contributed by atoms with Gasteiger partial charge in [-0.1, -0.05) is 32.0 Å². The normalized spacial score (nSPS) is 18.6. The minimum absolute atomic E-state index is 0.0406. The third kappa shape index (κ3) is 4.80. The van der Waals surface area contributed by atoms with E-state index in [1.165, 1.54) is 0 Å². The third-order valence-corrected chi connectivity index (χ3v) is 7.26. The number of anilines is 1. The van der Waals surface area contributed by atoms with Crippen LogP contribution in [0.5, 0.6) is 0 Å². The number of benzene rings is 1. The van der Waals surface area contributed by atoms with Crippen molar-refractivity contribution >= 4 is 11.6 Å². The largest absolute Gasteiger partial charge is 0.350 e. The number of fused-ring (bicyclic) bond motifs is 1. The van der Waals surface area contributed by atoms with Crippen molar-refractivity contribution in [2.45, 2.75) is 51.2 Å². The van der Waals surface area contributed by atoms with Crippen LogP contribution in [0.15, 0.2) is 48.9 Å². The molecule has 0 aliphatic carbocycles. The topological polar surface area (TPSA) is 79.4 Å². The fourth-order valence-electron chi connectivity index (χ4n) is 5.18. The second kappa shape index (κ2) is 9.46. The highest BCUT2D eigenvalue weighted by molar-refractivity contribution is 5.53. The first-order valence-corrected chi connectivity index (χ1v) is 12.8. The van der Waals surface area contributed by atoms with Crippen LogP contribution in [0.25, 0.3) is 11.3 Å². The minimum Gasteiger partial charge on any atom is -0.350 e. The molecule has 0 bridgehead atoms. The van der Waals surface area contributed by atoms with Crippen LogP contribution in [-0.4, -0.2) is 77.3 Å². The van der Waals surface area contributed by atoms with Gasteiger partial charge in [0.2, 0.25) is 5.95 Å². The number of likely N-dealkylation sites (tertiary alicyclic amines) is 2. The molecule has 0 saturated carbocycles. The molecule has 11 heteroatoms. The third-order valence-electron chi connectivity index (χ3n) is 7.26. The minimum atomic E-state index is -2.56. The zero-order valence-electron chi connectivity index (χ0n) is 21.1. The monoisotopic (exact) mass is 507 g/mol. The molecule has 2 aliphatic heterocycles. The Balaban J connectivity index is 1.22. The number of halogens is 2. The number of hydrogen-bond donors (Lipinski definition) is 1. The SMILES string of the molecule is CC(C)c1cnn2c(NCc3ccccc3-n3cccn3)nc(CN3CC(N4CCC(F)(F)C4)C3)nc12. The summed E-state index contributed by atoms with van der Waals surface area (Å²) in [4.78, 5) is 13.8. The van der Waals surface area contributed by atoms with E-state index < -0.39 is 5.92 Å². The Morgan fingerprint density at radius 3 is 2.68 bits per heavy atom. The maximum Gasteiger partial charge on any atom is 0.261 e. The Labute approximate surface area is 214 Å². The maximum atomic E-state index is 13.6. The Morgan fingerprint density at radius 1 is 1.11 bits per heavy atom. The summed E-state index contributed by atoms with van der Waals surface area (Å²) in [5, 5.41) is 12.4. The lowest BCUT2D eigenvalue weighted by atomic mass is 10.1. The predicted octanol–water partition coefficient (Wildman–Crippen LogP) is 3.57. The van der Waals surface area contributed by atoms with Crippen molar-refractivity contribution in [2.75, 3.05) is 31.5 Å². The van der Waals surface area contributed by atoms with Crippen LogP contribution in [0.2, 0.25) is 0 Å². The van der Waals surface area contributed by atoms with E-state index in [4.69, 9.17) is 9.97 Å². The maximum absolute atomic E-state index is 13.6. The molecule has 1 N–H and O–H groups in total. The van der Waals surface area contributed by atoms with Crippen LogP contribution < -0.4 is 5.32 Å². The molecule has 5 heterocycles. The van der Waals surface area contributed by atoms with Crippen molar-refractivity contribution in [3.05, 3.63) is 65.9 Å². The zero-order chi connectivity index (χ0) is 25.6. The predicted molar refractivity (Wildman–Crippen MR) is 136 cm³/mol. The number of para-hydroxylation sites is 1. The first kappa shape index (κ1) is 23.9. The summed E-state index contributed by atoms with van der Waals surface area (Å²) in [6.45, 7) is 7.19. The van der Waals surface area contributed by atoms with Gasteiger partial charge in [-0.15, -0.1) is 0 Å². The zero-order valence-corrected chi connectivity index (χ0v) is 21.1. The second-order valence-corrected chi connectivity index (χ2v) is 10.3. The van der Waals surface area contributed by atoms with E-state index in [1.807, 2.05) is 46.2 Å². The van der Waals surface area contributed by atoms with Gasteiger partial charge in [0.05, 0.1) is 25.0 Å². The highest BCUT2D eigenvalue weighted by atomic mass is 19.3. The Kier molecular flexibility index (Phi) is 6.12. The summed E-state index contributed by atoms with van der Waals surface area (Å²) in [6, 6.07) is 10.2. The molecule has 0 atom stereocenters. The van der Waals surface area contributed by atoms with Gasteiger partial charge in [0.1, 0.15) is 5.82 Å². The first-order valence-electron chi connectivity index (χ1n) is 12.8. The molecule has 37 heavy (non-hydrogen) atoms. The van der Waals surface area contributed by atoms with Crippen LogP contribution in [0.3, 0.4) is 0 Å². The van der Waals surface area contributed by atoms with E-state index in [0.717, 1.165) is 35.6 Å². The highest BCUT2D eigenvalue weighted by Gasteiger charge is 2.44. The van der Waals surface area contributed by atoms with Crippen LogP contribution >= 0.6 is 0 Å². The molecular formula is C26H31F2N9. The van der Waals surface area contributed by atoms with Crippen LogP contribution in [-0.2, 0) is 13.1 Å². The molecule has 9 nitrogen and oxygen atoms in total. The number of rotatable bonds is 8. The number of hydrogen-bond acceptors (Lipinski definition) is 7. The molecule has 0 unspecified atom stereocenters. The van der Waals surface area contributed by atoms with Crippen LogP contribution in [0, 0.1) is 0 Å². The molecule has 2 saturated heterocycles. The summed E-state index contributed by atoms with van der Waals surface area (Å²) in [6.07, 6.45) is 5.50. The van der Waals surface area contributed by atoms with Crippen LogP contribution in [0.4, 0.5) is 14.7 Å². The molecule has 2 fully saturated rings. The average Bonchev–Trinajstić information content (AvgIpc) is 3.59. The average molecular weight is 508 g/mol. The molecule has 0 amide bonds.